The van der Waals surface area contributed by atoms with Crippen LogP contribution in [0.3, 0.4) is 0 Å². The molecule has 3 heterocycles. The molecular weight excluding hydrogens is 807 g/mol. The summed E-state index contributed by atoms with van der Waals surface area (Å²) in [5, 5.41) is 0.805. The van der Waals surface area contributed by atoms with E-state index in [0.717, 1.165) is 24.3 Å². The van der Waals surface area contributed by atoms with Crippen LogP contribution in [-0.2, 0) is 16.4 Å². The third-order valence-electron chi connectivity index (χ3n) is 4.50. The van der Waals surface area contributed by atoms with E-state index in [1.54, 1.807) is 42.7 Å². The fraction of sp³-hybridized carbons (Fsp3) is 0.0909. The summed E-state index contributed by atoms with van der Waals surface area (Å²) in [6.45, 7) is 0. The van der Waals surface area contributed by atoms with Crippen LogP contribution in [0, 0.1) is 3.57 Å². The van der Waals surface area contributed by atoms with Crippen molar-refractivity contribution >= 4 is 102 Å². The summed E-state index contributed by atoms with van der Waals surface area (Å²) in [5.74, 6) is 0. The van der Waals surface area contributed by atoms with Crippen LogP contribution in [0.1, 0.15) is 20.1 Å². The molecule has 0 unspecified atom stereocenters. The monoisotopic (exact) mass is 823 g/mol. The molecule has 5 nitrogen and oxygen atoms in total. The minimum absolute atomic E-state index is 0. The molecule has 0 aliphatic heterocycles. The van der Waals surface area contributed by atoms with Crippen molar-refractivity contribution in [2.45, 2.75) is 18.7 Å². The van der Waals surface area contributed by atoms with Crippen molar-refractivity contribution in [3.8, 4) is 0 Å². The summed E-state index contributed by atoms with van der Waals surface area (Å²) in [5.41, 5.74) is 2.90. The zero-order valence-electron chi connectivity index (χ0n) is 17.6. The second kappa shape index (κ2) is 12.4. The molecule has 0 bridgehead atoms. The van der Waals surface area contributed by atoms with Crippen LogP contribution >= 0.6 is 77.0 Å². The number of hydrogen-bond donors (Lipinski definition) is 0. The van der Waals surface area contributed by atoms with E-state index >= 15 is 0 Å². The van der Waals surface area contributed by atoms with Crippen LogP contribution in [0.2, 0.25) is 0 Å². The summed E-state index contributed by atoms with van der Waals surface area (Å²) in [6.07, 6.45) is 8.22. The average Bonchev–Trinajstić information content (AvgIpc) is 3.29. The van der Waals surface area contributed by atoms with Crippen LogP contribution in [0.5, 0.6) is 0 Å². The number of allylic oxidation sites excluding steroid dienone is 1. The quantitative estimate of drug-likeness (QED) is 0.220. The first-order chi connectivity index (χ1) is 14.8. The predicted octanol–water partition coefficient (Wildman–Crippen LogP) is 4.57. The molecule has 1 aliphatic carbocycles. The Labute approximate surface area is 261 Å². The molecule has 0 fully saturated rings. The Morgan fingerprint density at radius 1 is 1.00 bits per heavy atom. The molecule has 168 valence electrons. The van der Waals surface area contributed by atoms with Crippen LogP contribution in [0.4, 0.5) is 0 Å². The van der Waals surface area contributed by atoms with Crippen LogP contribution in [0.15, 0.2) is 81.0 Å². The first kappa shape index (κ1) is 29.4. The van der Waals surface area contributed by atoms with Crippen LogP contribution < -0.4 is 29.6 Å². The Kier molecular flexibility index (Phi) is 11.1. The Bertz CT molecular complexity index is 1440. The van der Waals surface area contributed by atoms with Gasteiger partial charge >= 0.3 is 29.6 Å². The van der Waals surface area contributed by atoms with Crippen molar-refractivity contribution in [1.82, 2.24) is 13.9 Å². The molecule has 4 aromatic rings. The molecule has 0 saturated carbocycles. The zero-order chi connectivity index (χ0) is 22.2. The van der Waals surface area contributed by atoms with E-state index in [9.17, 15) is 8.42 Å². The van der Waals surface area contributed by atoms with Gasteiger partial charge in [-0.15, -0.1) is 0 Å². The van der Waals surface area contributed by atoms with E-state index in [2.05, 4.69) is 99.2 Å². The van der Waals surface area contributed by atoms with Crippen molar-refractivity contribution in [1.29, 1.82) is 0 Å². The molecule has 0 radical (unpaired) electrons. The maximum absolute atomic E-state index is 12.7. The maximum Gasteiger partial charge on any atom is 1.00 e. The minimum Gasteiger partial charge on any atom is -1.00 e. The molecule has 0 saturated heterocycles. The molecule has 3 aromatic heterocycles. The van der Waals surface area contributed by atoms with Gasteiger partial charge in [-0.2, -0.15) is 0 Å². The summed E-state index contributed by atoms with van der Waals surface area (Å²) < 4.78 is 30.6. The first-order valence-electron chi connectivity index (χ1n) is 8.90. The second-order valence-electron chi connectivity index (χ2n) is 6.52. The second-order valence-corrected chi connectivity index (χ2v) is 12.5. The first-order valence-corrected chi connectivity index (χ1v) is 14.1. The molecule has 1 aromatic carbocycles. The van der Waals surface area contributed by atoms with E-state index in [0.29, 0.717) is 5.65 Å². The van der Waals surface area contributed by atoms with Gasteiger partial charge in [-0.3, -0.25) is 4.98 Å². The van der Waals surface area contributed by atoms with E-state index in [1.165, 1.54) is 18.8 Å². The maximum atomic E-state index is 12.7. The number of pyridine rings is 2. The van der Waals surface area contributed by atoms with E-state index < -0.39 is 10.0 Å². The fourth-order valence-electron chi connectivity index (χ4n) is 3.04. The SMILES string of the molecule is Brc1cnc2c(c1)C(I)=CC2.C.O=S(=O)(c1ccccc1)n1cc(I)c2cc(Br)cnc21.[H-].[Na+]. The minimum atomic E-state index is -3.62. The topological polar surface area (TPSA) is 64.8 Å². The molecular formula is C22H18Br2I2N3NaO2S. The number of benzene rings is 1. The largest absolute Gasteiger partial charge is 1.00 e. The average molecular weight is 825 g/mol. The number of aromatic nitrogens is 3. The summed E-state index contributed by atoms with van der Waals surface area (Å²) in [7, 11) is -3.62. The van der Waals surface area contributed by atoms with Crippen molar-refractivity contribution < 1.29 is 39.4 Å². The third-order valence-corrected chi connectivity index (χ3v) is 8.91. The number of nitrogens with zero attached hydrogens (tertiary/aromatic N) is 3. The van der Waals surface area contributed by atoms with Gasteiger partial charge in [0.1, 0.15) is 0 Å². The van der Waals surface area contributed by atoms with E-state index in [4.69, 9.17) is 0 Å². The molecule has 0 N–H and O–H groups in total. The number of rotatable bonds is 2. The van der Waals surface area contributed by atoms with Crippen LogP contribution in [-0.4, -0.2) is 22.4 Å². The number of hydrogen-bond acceptors (Lipinski definition) is 4. The number of halogens is 4. The van der Waals surface area contributed by atoms with Gasteiger partial charge in [0.15, 0.2) is 5.65 Å². The summed E-state index contributed by atoms with van der Waals surface area (Å²) in [6, 6.07) is 12.3. The zero-order valence-corrected chi connectivity index (χ0v) is 26.9. The normalized spacial score (nSPS) is 12.1. The van der Waals surface area contributed by atoms with Crippen molar-refractivity contribution in [3.63, 3.8) is 0 Å². The molecule has 33 heavy (non-hydrogen) atoms. The van der Waals surface area contributed by atoms with Gasteiger partial charge in [0.05, 0.1) is 10.6 Å². The van der Waals surface area contributed by atoms with E-state index in [-0.39, 0.29) is 43.3 Å². The standard InChI is InChI=1S/C13H8BrIN2O2S.C8H5BrIN.CH4.Na.H/c14-9-6-11-12(15)8-17(13(11)16-7-9)20(18,19)10-4-2-1-3-5-10;9-5-3-6-7(10)1-2-8(6)11-4-5;;;/h1-8H;1,3-4H,2H2;1H4;;/q;;;+1;-1. The molecule has 5 rings (SSSR count). The van der Waals surface area contributed by atoms with Crippen LogP contribution in [0.25, 0.3) is 14.6 Å². The van der Waals surface area contributed by atoms with Gasteiger partial charge in [0.2, 0.25) is 0 Å². The van der Waals surface area contributed by atoms with Crippen molar-refractivity contribution in [2.75, 3.05) is 0 Å². The summed E-state index contributed by atoms with van der Waals surface area (Å²) in [4.78, 5) is 8.78. The van der Waals surface area contributed by atoms with Gasteiger partial charge in [-0.25, -0.2) is 17.4 Å². The Morgan fingerprint density at radius 2 is 1.64 bits per heavy atom. The molecule has 11 heteroatoms. The van der Waals surface area contributed by atoms with Gasteiger partial charge in [0.25, 0.3) is 10.0 Å². The molecule has 0 atom stereocenters. The van der Waals surface area contributed by atoms with Crippen molar-refractivity contribution in [2.24, 2.45) is 0 Å². The molecule has 0 amide bonds. The molecule has 1 aliphatic rings. The number of fused-ring (bicyclic) bond motifs is 2. The molecule has 0 spiro atoms. The Hall–Kier alpha value is 0.170. The van der Waals surface area contributed by atoms with Crippen molar-refractivity contribution in [3.05, 3.63) is 90.9 Å². The smallest absolute Gasteiger partial charge is 1.00 e. The third kappa shape index (κ3) is 6.49. The summed E-state index contributed by atoms with van der Waals surface area (Å²) >= 11 is 11.2. The predicted molar refractivity (Wildman–Crippen MR) is 155 cm³/mol. The van der Waals surface area contributed by atoms with Gasteiger partial charge in [-0.05, 0) is 101 Å². The van der Waals surface area contributed by atoms with Gasteiger partial charge in [-0.1, -0.05) is 31.7 Å². The van der Waals surface area contributed by atoms with Gasteiger partial charge < -0.3 is 1.43 Å². The Morgan fingerprint density at radius 3 is 2.33 bits per heavy atom. The van der Waals surface area contributed by atoms with E-state index in [1.807, 2.05) is 12.3 Å². The Balaban J connectivity index is 0.000000356. The van der Waals surface area contributed by atoms with Gasteiger partial charge in [0, 0.05) is 52.1 Å². The fourth-order valence-corrected chi connectivity index (χ4v) is 6.60.